The number of hydrogen-bond acceptors (Lipinski definition) is 1. The topological polar surface area (TPSA) is 17.0 Å². The Kier molecular flexibility index (Phi) is 7.61. The lowest BCUT2D eigenvalue weighted by atomic mass is 9.88. The van der Waals surface area contributed by atoms with Crippen LogP contribution in [0.2, 0.25) is 0 Å². The lowest BCUT2D eigenvalue weighted by Gasteiger charge is -2.20. The molecule has 5 aromatic carbocycles. The van der Waals surface area contributed by atoms with Crippen molar-refractivity contribution in [3.63, 3.8) is 0 Å². The first-order valence-corrected chi connectivity index (χ1v) is 16.4. The molecule has 1 aromatic heterocycles. The molecule has 0 amide bonds. The Labute approximate surface area is 276 Å². The average Bonchev–Trinajstić information content (AvgIpc) is 3.32. The molecular weight excluding hydrogens is 569 g/mol. The number of benzene rings is 5. The lowest BCUT2D eigenvalue weighted by Crippen LogP contribution is -2.15. The number of nitrogens with zero attached hydrogens (tertiary/aromatic N) is 1. The summed E-state index contributed by atoms with van der Waals surface area (Å²) in [7, 11) is 0. The maximum atomic E-state index is 3.87. The molecule has 2 aliphatic rings. The minimum atomic E-state index is 0.854. The normalized spacial score (nSPS) is 14.8. The summed E-state index contributed by atoms with van der Waals surface area (Å²) in [4.78, 5) is 0. The second-order valence-corrected chi connectivity index (χ2v) is 12.2. The monoisotopic (exact) mass is 604 g/mol. The van der Waals surface area contributed by atoms with Gasteiger partial charge in [-0.25, -0.2) is 0 Å². The van der Waals surface area contributed by atoms with Crippen molar-refractivity contribution in [2.24, 2.45) is 0 Å². The van der Waals surface area contributed by atoms with Gasteiger partial charge in [-0.05, 0) is 76.1 Å². The first-order valence-electron chi connectivity index (χ1n) is 16.4. The van der Waals surface area contributed by atoms with Gasteiger partial charge in [0.1, 0.15) is 0 Å². The van der Waals surface area contributed by atoms with Crippen molar-refractivity contribution in [3.8, 4) is 11.1 Å². The number of nitrogens with one attached hydrogen (secondary N) is 1. The highest BCUT2D eigenvalue weighted by molar-refractivity contribution is 6.09. The van der Waals surface area contributed by atoms with Crippen molar-refractivity contribution in [2.45, 2.75) is 19.8 Å². The van der Waals surface area contributed by atoms with E-state index in [1.165, 1.54) is 60.5 Å². The Morgan fingerprint density at radius 1 is 0.574 bits per heavy atom. The molecule has 1 heterocycles. The summed E-state index contributed by atoms with van der Waals surface area (Å²) in [6, 6.07) is 37.3. The van der Waals surface area contributed by atoms with Gasteiger partial charge in [0.2, 0.25) is 0 Å². The van der Waals surface area contributed by atoms with Gasteiger partial charge >= 0.3 is 0 Å². The molecule has 0 radical (unpaired) electrons. The summed E-state index contributed by atoms with van der Waals surface area (Å²) in [5.74, 6) is 0. The van der Waals surface area contributed by atoms with E-state index in [2.05, 4.69) is 187 Å². The van der Waals surface area contributed by atoms with Crippen LogP contribution in [0.4, 0.5) is 0 Å². The van der Waals surface area contributed by atoms with Crippen LogP contribution in [-0.2, 0) is 0 Å². The molecule has 0 aliphatic heterocycles. The molecule has 2 aliphatic carbocycles. The van der Waals surface area contributed by atoms with E-state index in [1.54, 1.807) is 0 Å². The van der Waals surface area contributed by atoms with Gasteiger partial charge in [-0.1, -0.05) is 158 Å². The molecule has 0 unspecified atom stereocenters. The second kappa shape index (κ2) is 12.5. The molecule has 0 saturated carbocycles. The third-order valence-electron chi connectivity index (χ3n) is 9.24. The van der Waals surface area contributed by atoms with E-state index in [0.717, 1.165) is 29.6 Å². The van der Waals surface area contributed by atoms with Crippen molar-refractivity contribution in [2.75, 3.05) is 5.43 Å². The Morgan fingerprint density at radius 3 is 2.11 bits per heavy atom. The van der Waals surface area contributed by atoms with Gasteiger partial charge in [-0.2, -0.15) is 0 Å². The van der Waals surface area contributed by atoms with E-state index in [9.17, 15) is 0 Å². The number of aromatic nitrogens is 1. The van der Waals surface area contributed by atoms with Crippen molar-refractivity contribution < 1.29 is 0 Å². The van der Waals surface area contributed by atoms with Crippen LogP contribution in [0.15, 0.2) is 175 Å². The SMILES string of the molecule is Cc1ccccc1-c1ccc2c(C3=CC=CCC=C3Nn3c4ccccc4c4ccccc43)cccc2c1/C=C/C1=CC=CCC=C1. The van der Waals surface area contributed by atoms with Gasteiger partial charge in [-0.15, -0.1) is 0 Å². The summed E-state index contributed by atoms with van der Waals surface area (Å²) >= 11 is 0. The Balaban J connectivity index is 1.29. The summed E-state index contributed by atoms with van der Waals surface area (Å²) < 4.78 is 2.24. The molecule has 1 N–H and O–H groups in total. The zero-order valence-electron chi connectivity index (χ0n) is 26.5. The Hall–Kier alpha value is -5.86. The summed E-state index contributed by atoms with van der Waals surface area (Å²) in [5.41, 5.74) is 15.9. The van der Waals surface area contributed by atoms with Crippen LogP contribution in [0.3, 0.4) is 0 Å². The quantitative estimate of drug-likeness (QED) is 0.200. The molecular formula is C45H36N2. The van der Waals surface area contributed by atoms with Crippen LogP contribution >= 0.6 is 0 Å². The third-order valence-corrected chi connectivity index (χ3v) is 9.24. The van der Waals surface area contributed by atoms with Crippen molar-refractivity contribution in [1.29, 1.82) is 0 Å². The fourth-order valence-electron chi connectivity index (χ4n) is 6.92. The highest BCUT2D eigenvalue weighted by atomic mass is 15.4. The molecule has 47 heavy (non-hydrogen) atoms. The molecule has 0 fully saturated rings. The number of fused-ring (bicyclic) bond motifs is 4. The molecule has 2 nitrogen and oxygen atoms in total. The second-order valence-electron chi connectivity index (χ2n) is 12.2. The fraction of sp³-hybridized carbons (Fsp3) is 0.0667. The number of rotatable bonds is 6. The van der Waals surface area contributed by atoms with Gasteiger partial charge in [0.25, 0.3) is 0 Å². The van der Waals surface area contributed by atoms with Crippen LogP contribution < -0.4 is 5.43 Å². The predicted molar refractivity (Wildman–Crippen MR) is 203 cm³/mol. The Bertz CT molecular complexity index is 2330. The largest absolute Gasteiger partial charge is 0.293 e. The van der Waals surface area contributed by atoms with E-state index in [-0.39, 0.29) is 0 Å². The number of hydrogen-bond donors (Lipinski definition) is 1. The third kappa shape index (κ3) is 5.38. The van der Waals surface area contributed by atoms with Crippen LogP contribution in [0.1, 0.15) is 29.5 Å². The number of aryl methyl sites for hydroxylation is 1. The van der Waals surface area contributed by atoms with Crippen LogP contribution in [0, 0.1) is 6.92 Å². The van der Waals surface area contributed by atoms with Crippen LogP contribution in [0.25, 0.3) is 55.4 Å². The summed E-state index contributed by atoms with van der Waals surface area (Å²) in [6.45, 7) is 2.20. The van der Waals surface area contributed by atoms with Gasteiger partial charge < -0.3 is 0 Å². The molecule has 226 valence electrons. The highest BCUT2D eigenvalue weighted by Gasteiger charge is 2.18. The van der Waals surface area contributed by atoms with E-state index in [4.69, 9.17) is 0 Å². The zero-order valence-corrected chi connectivity index (χ0v) is 26.5. The van der Waals surface area contributed by atoms with Gasteiger partial charge in [0.15, 0.2) is 0 Å². The zero-order chi connectivity index (χ0) is 31.6. The van der Waals surface area contributed by atoms with E-state index < -0.39 is 0 Å². The fourth-order valence-corrected chi connectivity index (χ4v) is 6.92. The summed E-state index contributed by atoms with van der Waals surface area (Å²) in [6.07, 6.45) is 26.3. The minimum absolute atomic E-state index is 0.854. The highest BCUT2D eigenvalue weighted by Crippen LogP contribution is 2.39. The van der Waals surface area contributed by atoms with Crippen molar-refractivity contribution in [3.05, 3.63) is 192 Å². The van der Waals surface area contributed by atoms with Gasteiger partial charge in [0.05, 0.1) is 16.7 Å². The molecule has 2 heteroatoms. The summed E-state index contributed by atoms with van der Waals surface area (Å²) in [5, 5.41) is 4.95. The van der Waals surface area contributed by atoms with Crippen LogP contribution in [0.5, 0.6) is 0 Å². The standard InChI is InChI=1S/C45H36N2/c1-32-16-9-10-19-34(32)37-30-31-39-35(38(37)29-28-33-17-5-2-3-6-18-33)23-15-24-36(39)40-20-7-4-8-25-43(40)46-47-44-26-13-11-21-41(44)42-22-12-14-27-45(42)47/h2,4-7,9-31,46H,3,8H2,1H3/b29-28+. The molecule has 0 atom stereocenters. The van der Waals surface area contributed by atoms with E-state index in [0.29, 0.717) is 0 Å². The lowest BCUT2D eigenvalue weighted by molar-refractivity contribution is 1.02. The smallest absolute Gasteiger partial charge is 0.0709 e. The molecule has 0 spiro atoms. The average molecular weight is 605 g/mol. The maximum absolute atomic E-state index is 3.87. The van der Waals surface area contributed by atoms with Crippen molar-refractivity contribution >= 4 is 44.2 Å². The molecule has 0 saturated heterocycles. The van der Waals surface area contributed by atoms with E-state index in [1.807, 2.05) is 0 Å². The van der Waals surface area contributed by atoms with Crippen molar-refractivity contribution in [1.82, 2.24) is 4.68 Å². The maximum Gasteiger partial charge on any atom is 0.0709 e. The first-order chi connectivity index (χ1) is 23.3. The molecule has 0 bridgehead atoms. The number of para-hydroxylation sites is 2. The predicted octanol–water partition coefficient (Wildman–Crippen LogP) is 11.8. The first kappa shape index (κ1) is 28.6. The van der Waals surface area contributed by atoms with Gasteiger partial charge in [0, 0.05) is 16.3 Å². The minimum Gasteiger partial charge on any atom is -0.293 e. The van der Waals surface area contributed by atoms with E-state index >= 15 is 0 Å². The molecule has 6 aromatic rings. The Morgan fingerprint density at radius 2 is 1.28 bits per heavy atom. The van der Waals surface area contributed by atoms with Crippen LogP contribution in [-0.4, -0.2) is 4.68 Å². The molecule has 8 rings (SSSR count). The number of allylic oxidation sites excluding steroid dienone is 12. The van der Waals surface area contributed by atoms with Gasteiger partial charge in [-0.3, -0.25) is 10.1 Å².